The van der Waals surface area contributed by atoms with E-state index in [0.717, 1.165) is 34.0 Å². The van der Waals surface area contributed by atoms with Crippen molar-refractivity contribution in [1.29, 1.82) is 0 Å². The summed E-state index contributed by atoms with van der Waals surface area (Å²) >= 11 is 0. The van der Waals surface area contributed by atoms with Gasteiger partial charge in [0.15, 0.2) is 0 Å². The maximum Gasteiger partial charge on any atom is 0.515 e. The molecule has 0 spiro atoms. The van der Waals surface area contributed by atoms with Crippen molar-refractivity contribution in [2.75, 3.05) is 20.6 Å². The Hall–Kier alpha value is -0.425. The van der Waals surface area contributed by atoms with Gasteiger partial charge in [-0.3, -0.25) is 0 Å². The van der Waals surface area contributed by atoms with Crippen LogP contribution < -0.4 is 5.19 Å². The van der Waals surface area contributed by atoms with Crippen molar-refractivity contribution in [2.45, 2.75) is 262 Å². The minimum absolute atomic E-state index is 0.0647. The van der Waals surface area contributed by atoms with Crippen LogP contribution in [0, 0.1) is 41.4 Å². The zero-order valence-electron chi connectivity index (χ0n) is 54.5. The molecule has 16 nitrogen and oxygen atoms in total. The molecule has 0 unspecified atom stereocenters. The molecule has 0 amide bonds. The highest BCUT2D eigenvalue weighted by molar-refractivity contribution is 7.05. The number of quaternary nitrogens is 1. The van der Waals surface area contributed by atoms with Gasteiger partial charge in [0, 0.05) is 47.5 Å². The molecule has 1 aromatic carbocycles. The molecule has 8 rings (SSSR count). The zero-order valence-corrected chi connectivity index (χ0v) is 62.5. The standard InChI is InChI=1S/C58H115N4O12Si8/c1-18-19-20-21-22-23-24-25-26-27-28-29-30-31-32-33-38-62(16,17)41-57-40-61(60-59-57)39-56-34-36-58(37-35-56)82-72-79(46-53(10)11)66-76(43-50(4)5)63-75(42-49(2)3)64-77(68-79,44-51(6)7)70-81(74-82,48-55(14)15)71-78(65-75,45-52(8)9)69-80(67-76,73-82)47-54(12)13/h34-37,40,49-55H,18-33,38-39,41-48H2,1-17H3/q+1. The smallest absolute Gasteiger partial charge is 0.373 e. The molecule has 0 atom stereocenters. The van der Waals surface area contributed by atoms with Gasteiger partial charge in [-0.2, -0.15) is 0 Å². The number of rotatable bonds is 36. The molecule has 6 aliphatic heterocycles. The Morgan fingerprint density at radius 2 is 0.671 bits per heavy atom. The number of nitrogens with zero attached hydrogens (tertiary/aromatic N) is 4. The fourth-order valence-corrected chi connectivity index (χ4v) is 63.9. The molecule has 24 heteroatoms. The van der Waals surface area contributed by atoms with Gasteiger partial charge in [0.2, 0.25) is 0 Å². The van der Waals surface area contributed by atoms with Gasteiger partial charge < -0.3 is 53.9 Å². The normalized spacial score (nSPS) is 31.1. The zero-order chi connectivity index (χ0) is 59.7. The lowest BCUT2D eigenvalue weighted by Gasteiger charge is -2.64. The third-order valence-corrected chi connectivity index (χ3v) is 55.3. The molecule has 1 aromatic heterocycles. The fraction of sp³-hybridized carbons (Fsp3) is 0.862. The minimum Gasteiger partial charge on any atom is -0.373 e. The summed E-state index contributed by atoms with van der Waals surface area (Å²) in [7, 11) is -28.1. The summed E-state index contributed by atoms with van der Waals surface area (Å²) in [5.41, 5.74) is 2.04. The Morgan fingerprint density at radius 3 is 0.963 bits per heavy atom. The molecule has 6 fully saturated rings. The Balaban J connectivity index is 1.17. The number of benzene rings is 1. The molecule has 0 aliphatic carbocycles. The highest BCUT2D eigenvalue weighted by Crippen LogP contribution is 2.55. The second kappa shape index (κ2) is 29.5. The lowest BCUT2D eigenvalue weighted by Crippen LogP contribution is -2.90. The number of hydrogen-bond donors (Lipinski definition) is 0. The molecule has 0 N–H and O–H groups in total. The maximum absolute atomic E-state index is 8.08. The molecule has 0 saturated carbocycles. The second-order valence-corrected chi connectivity index (χ2v) is 52.9. The van der Waals surface area contributed by atoms with Crippen molar-refractivity contribution in [1.82, 2.24) is 15.0 Å². The third-order valence-electron chi connectivity index (χ3n) is 15.7. The SMILES string of the molecule is CCCCCCCCCCCCCCCCCC[N+](C)(C)Cc1cn(Cc2ccc([Si]34O[Si]5(CC(C)C)O[Si]6(CC(C)C)O[Si]7(CC(C)C)O[Si](CC(C)C)(O5)O[Si](CC(C)C)(O[Si](CC(C)C)(O7)O[Si](CC(C)C)(O6)O3)O4)cc2)nn1. The van der Waals surface area contributed by atoms with E-state index in [-0.39, 0.29) is 41.4 Å². The molecule has 6 saturated heterocycles. The maximum atomic E-state index is 8.08. The summed E-state index contributed by atoms with van der Waals surface area (Å²) in [6.45, 7) is 35.3. The molecule has 470 valence electrons. The van der Waals surface area contributed by atoms with Gasteiger partial charge in [-0.15, -0.1) is 5.10 Å². The van der Waals surface area contributed by atoms with Gasteiger partial charge in [0.25, 0.3) is 0 Å². The van der Waals surface area contributed by atoms with Gasteiger partial charge in [0.05, 0.1) is 33.4 Å². The quantitative estimate of drug-likeness (QED) is 0.0363. The van der Waals surface area contributed by atoms with Gasteiger partial charge in [0.1, 0.15) is 12.2 Å². The van der Waals surface area contributed by atoms with E-state index >= 15 is 0 Å². The van der Waals surface area contributed by atoms with Crippen molar-refractivity contribution in [3.8, 4) is 0 Å². The first-order valence-corrected chi connectivity index (χ1v) is 48.1. The first kappa shape index (κ1) is 69.1. The van der Waals surface area contributed by atoms with E-state index in [2.05, 4.69) is 154 Å². The fourth-order valence-electron chi connectivity index (χ4n) is 12.9. The summed E-state index contributed by atoms with van der Waals surface area (Å²) in [6.07, 6.45) is 24.2. The number of unbranched alkanes of at least 4 members (excludes halogenated alkanes) is 15. The molecular weight excluding hydrogens is 1170 g/mol. The van der Waals surface area contributed by atoms with Gasteiger partial charge in [-0.05, 0) is 59.8 Å². The van der Waals surface area contributed by atoms with Crippen LogP contribution in [0.25, 0.3) is 0 Å². The van der Waals surface area contributed by atoms with Crippen LogP contribution >= 0.6 is 0 Å². The van der Waals surface area contributed by atoms with Crippen molar-refractivity contribution in [3.05, 3.63) is 41.7 Å². The summed E-state index contributed by atoms with van der Waals surface area (Å²) in [5.74, 6) is 0.572. The molecule has 2 aromatic rings. The van der Waals surface area contributed by atoms with Crippen LogP contribution in [0.3, 0.4) is 0 Å². The predicted octanol–water partition coefficient (Wildman–Crippen LogP) is 14.7. The van der Waals surface area contributed by atoms with Crippen LogP contribution in [0.15, 0.2) is 30.5 Å². The summed E-state index contributed by atoms with van der Waals surface area (Å²) in [6, 6.07) is 11.6. The van der Waals surface area contributed by atoms with Crippen molar-refractivity contribution >= 4 is 75.6 Å². The number of hydrogen-bond acceptors (Lipinski definition) is 14. The average Bonchev–Trinajstić information content (AvgIpc) is 0.848. The Morgan fingerprint density at radius 1 is 0.390 bits per heavy atom. The van der Waals surface area contributed by atoms with E-state index in [1.54, 1.807) is 0 Å². The molecule has 82 heavy (non-hydrogen) atoms. The van der Waals surface area contributed by atoms with Crippen LogP contribution in [0.1, 0.15) is 218 Å². The monoisotopic (exact) mass is 1280 g/mol. The number of aromatic nitrogens is 3. The van der Waals surface area contributed by atoms with E-state index < -0.39 is 70.4 Å². The van der Waals surface area contributed by atoms with Crippen LogP contribution in [0.4, 0.5) is 0 Å². The largest absolute Gasteiger partial charge is 0.515 e. The highest BCUT2D eigenvalue weighted by Gasteiger charge is 2.84. The molecular formula is C58H115N4O12Si8+. The Kier molecular flexibility index (Phi) is 24.8. The van der Waals surface area contributed by atoms with E-state index in [4.69, 9.17) is 54.5 Å². The lowest BCUT2D eigenvalue weighted by atomic mass is 10.0. The summed E-state index contributed by atoms with van der Waals surface area (Å²) in [5, 5.41) is 10.1. The second-order valence-electron chi connectivity index (χ2n) is 29.0. The highest BCUT2D eigenvalue weighted by atomic mass is 28.6. The van der Waals surface area contributed by atoms with Gasteiger partial charge in [-0.25, -0.2) is 4.68 Å². The summed E-state index contributed by atoms with van der Waals surface area (Å²) < 4.78 is 98.7. The van der Waals surface area contributed by atoms with E-state index in [0.29, 0.717) is 48.9 Å². The predicted molar refractivity (Wildman–Crippen MR) is 342 cm³/mol. The van der Waals surface area contributed by atoms with Gasteiger partial charge in [-0.1, -0.05) is 223 Å². The van der Waals surface area contributed by atoms with Crippen molar-refractivity contribution < 1.29 is 53.9 Å². The van der Waals surface area contributed by atoms with Crippen LogP contribution in [-0.2, 0) is 62.5 Å². The first-order valence-electron chi connectivity index (χ1n) is 32.8. The molecule has 7 heterocycles. The minimum atomic E-state index is -4.37. The molecule has 0 radical (unpaired) electrons. The lowest BCUT2D eigenvalue weighted by molar-refractivity contribution is -0.904. The van der Waals surface area contributed by atoms with Crippen LogP contribution in [-0.4, -0.2) is 111 Å². The van der Waals surface area contributed by atoms with Crippen molar-refractivity contribution in [3.63, 3.8) is 0 Å². The first-order chi connectivity index (χ1) is 38.6. The van der Waals surface area contributed by atoms with Crippen molar-refractivity contribution in [2.24, 2.45) is 41.4 Å². The Bertz CT molecular complexity index is 2110. The topological polar surface area (TPSA) is 141 Å². The van der Waals surface area contributed by atoms with Crippen LogP contribution in [0.5, 0.6) is 0 Å². The molecule has 6 aliphatic rings. The summed E-state index contributed by atoms with van der Waals surface area (Å²) in [4.78, 5) is 0. The third kappa shape index (κ3) is 19.3. The van der Waals surface area contributed by atoms with Crippen LogP contribution in [0.2, 0.25) is 42.3 Å². The molecule has 8 bridgehead atoms. The average molecular weight is 1290 g/mol. The van der Waals surface area contributed by atoms with Gasteiger partial charge >= 0.3 is 70.4 Å². The Labute approximate surface area is 507 Å². The van der Waals surface area contributed by atoms with E-state index in [1.807, 2.05) is 4.68 Å². The van der Waals surface area contributed by atoms with E-state index in [1.165, 1.54) is 103 Å². The van der Waals surface area contributed by atoms with E-state index in [9.17, 15) is 0 Å².